The van der Waals surface area contributed by atoms with Crippen LogP contribution in [0.5, 0.6) is 17.2 Å². The van der Waals surface area contributed by atoms with Gasteiger partial charge in [-0.2, -0.15) is 0 Å². The number of aliphatic hydroxyl groups is 1. The zero-order valence-electron chi connectivity index (χ0n) is 10.8. The van der Waals surface area contributed by atoms with E-state index in [1.165, 1.54) is 0 Å². The van der Waals surface area contributed by atoms with Crippen LogP contribution in [-0.2, 0) is 4.74 Å². The molecule has 0 fully saturated rings. The number of benzene rings is 1. The minimum absolute atomic E-state index is 0.0792. The number of hydrogen-bond acceptors (Lipinski definition) is 5. The molecule has 1 N–H and O–H groups in total. The van der Waals surface area contributed by atoms with Crippen molar-refractivity contribution in [1.29, 1.82) is 0 Å². The third-order valence-corrected chi connectivity index (χ3v) is 2.65. The molecule has 1 aliphatic heterocycles. The van der Waals surface area contributed by atoms with Crippen molar-refractivity contribution in [1.82, 2.24) is 0 Å². The minimum Gasteiger partial charge on any atom is -0.493 e. The summed E-state index contributed by atoms with van der Waals surface area (Å²) in [5.41, 5.74) is 0.691. The molecule has 0 spiro atoms. The van der Waals surface area contributed by atoms with E-state index in [1.54, 1.807) is 19.2 Å². The van der Waals surface area contributed by atoms with Crippen LogP contribution in [0.15, 0.2) is 12.1 Å². The van der Waals surface area contributed by atoms with Crippen molar-refractivity contribution in [2.24, 2.45) is 0 Å². The summed E-state index contributed by atoms with van der Waals surface area (Å²) in [5, 5.41) is 10.0. The average molecular weight is 254 g/mol. The Kier molecular flexibility index (Phi) is 3.93. The van der Waals surface area contributed by atoms with Gasteiger partial charge in [0.05, 0.1) is 19.8 Å². The van der Waals surface area contributed by atoms with Gasteiger partial charge in [-0.05, 0) is 31.5 Å². The largest absolute Gasteiger partial charge is 0.493 e. The fourth-order valence-corrected chi connectivity index (χ4v) is 1.72. The molecule has 2 rings (SSSR count). The van der Waals surface area contributed by atoms with Crippen molar-refractivity contribution in [2.75, 3.05) is 20.5 Å². The van der Waals surface area contributed by atoms with Gasteiger partial charge in [-0.15, -0.1) is 0 Å². The van der Waals surface area contributed by atoms with Crippen LogP contribution < -0.4 is 14.2 Å². The Balaban J connectivity index is 2.18. The Bertz CT molecular complexity index is 416. The van der Waals surface area contributed by atoms with Gasteiger partial charge in [0.1, 0.15) is 6.10 Å². The quantitative estimate of drug-likeness (QED) is 0.869. The molecule has 0 bridgehead atoms. The van der Waals surface area contributed by atoms with E-state index in [4.69, 9.17) is 18.9 Å². The lowest BCUT2D eigenvalue weighted by molar-refractivity contribution is 0.00481. The lowest BCUT2D eigenvalue weighted by Gasteiger charge is -2.15. The van der Waals surface area contributed by atoms with E-state index in [0.717, 1.165) is 0 Å². The second kappa shape index (κ2) is 5.46. The predicted octanol–water partition coefficient (Wildman–Crippen LogP) is 1.88. The van der Waals surface area contributed by atoms with Gasteiger partial charge in [-0.25, -0.2) is 0 Å². The summed E-state index contributed by atoms with van der Waals surface area (Å²) in [4.78, 5) is 0. The molecule has 5 heteroatoms. The first-order valence-corrected chi connectivity index (χ1v) is 5.89. The maximum Gasteiger partial charge on any atom is 0.231 e. The van der Waals surface area contributed by atoms with Crippen molar-refractivity contribution in [3.8, 4) is 17.2 Å². The second-order valence-electron chi connectivity index (χ2n) is 4.35. The summed E-state index contributed by atoms with van der Waals surface area (Å²) in [6.45, 7) is 4.26. The van der Waals surface area contributed by atoms with Crippen LogP contribution in [0, 0.1) is 0 Å². The molecule has 1 aliphatic rings. The predicted molar refractivity (Wildman–Crippen MR) is 65.2 cm³/mol. The summed E-state index contributed by atoms with van der Waals surface area (Å²) >= 11 is 0. The Hall–Kier alpha value is -1.46. The van der Waals surface area contributed by atoms with Gasteiger partial charge < -0.3 is 24.1 Å². The first-order chi connectivity index (χ1) is 8.61. The van der Waals surface area contributed by atoms with Crippen LogP contribution in [0.4, 0.5) is 0 Å². The Labute approximate surface area is 106 Å². The summed E-state index contributed by atoms with van der Waals surface area (Å²) in [7, 11) is 1.55. The van der Waals surface area contributed by atoms with E-state index in [-0.39, 0.29) is 19.5 Å². The monoisotopic (exact) mass is 254 g/mol. The summed E-state index contributed by atoms with van der Waals surface area (Å²) < 4.78 is 21.2. The molecule has 1 heterocycles. The topological polar surface area (TPSA) is 57.2 Å². The van der Waals surface area contributed by atoms with Crippen molar-refractivity contribution in [3.63, 3.8) is 0 Å². The molecule has 1 unspecified atom stereocenters. The fourth-order valence-electron chi connectivity index (χ4n) is 1.72. The van der Waals surface area contributed by atoms with Gasteiger partial charge in [0, 0.05) is 0 Å². The van der Waals surface area contributed by atoms with Gasteiger partial charge in [-0.3, -0.25) is 0 Å². The van der Waals surface area contributed by atoms with Crippen molar-refractivity contribution < 1.29 is 24.1 Å². The zero-order chi connectivity index (χ0) is 13.1. The van der Waals surface area contributed by atoms with Gasteiger partial charge in [0.25, 0.3) is 0 Å². The number of hydrogen-bond donors (Lipinski definition) is 1. The van der Waals surface area contributed by atoms with E-state index < -0.39 is 6.10 Å². The third-order valence-electron chi connectivity index (χ3n) is 2.65. The van der Waals surface area contributed by atoms with Crippen molar-refractivity contribution >= 4 is 0 Å². The van der Waals surface area contributed by atoms with Crippen molar-refractivity contribution in [3.05, 3.63) is 17.7 Å². The highest BCUT2D eigenvalue weighted by Gasteiger charge is 2.22. The first kappa shape index (κ1) is 13.0. The number of rotatable bonds is 5. The molecule has 5 nitrogen and oxygen atoms in total. The van der Waals surface area contributed by atoms with Gasteiger partial charge >= 0.3 is 0 Å². The third kappa shape index (κ3) is 2.68. The molecule has 0 saturated heterocycles. The number of fused-ring (bicyclic) bond motifs is 1. The zero-order valence-corrected chi connectivity index (χ0v) is 10.8. The standard InChI is InChI=1S/C13H18O5/c1-8(2)16-6-10(14)9-4-11(15-3)13-12(5-9)17-7-18-13/h4-5,8,10,14H,6-7H2,1-3H3. The van der Waals surface area contributed by atoms with Gasteiger partial charge in [0.2, 0.25) is 12.5 Å². The molecular formula is C13H18O5. The molecule has 100 valence electrons. The lowest BCUT2D eigenvalue weighted by Crippen LogP contribution is -2.12. The molecule has 0 saturated carbocycles. The number of ether oxygens (including phenoxy) is 4. The van der Waals surface area contributed by atoms with E-state index >= 15 is 0 Å². The normalized spacial score (nSPS) is 14.9. The fraction of sp³-hybridized carbons (Fsp3) is 0.538. The molecule has 0 amide bonds. The molecule has 1 aromatic rings. The number of aliphatic hydroxyl groups excluding tert-OH is 1. The number of methoxy groups -OCH3 is 1. The first-order valence-electron chi connectivity index (χ1n) is 5.89. The summed E-state index contributed by atoms with van der Waals surface area (Å²) in [6.07, 6.45) is -0.633. The van der Waals surface area contributed by atoms with E-state index in [0.29, 0.717) is 22.8 Å². The van der Waals surface area contributed by atoms with Gasteiger partial charge in [0.15, 0.2) is 11.5 Å². The van der Waals surface area contributed by atoms with Crippen LogP contribution >= 0.6 is 0 Å². The Morgan fingerprint density at radius 2 is 2.11 bits per heavy atom. The molecule has 18 heavy (non-hydrogen) atoms. The molecular weight excluding hydrogens is 236 g/mol. The van der Waals surface area contributed by atoms with Crippen LogP contribution in [0.1, 0.15) is 25.5 Å². The van der Waals surface area contributed by atoms with E-state index in [2.05, 4.69) is 0 Å². The van der Waals surface area contributed by atoms with E-state index in [1.807, 2.05) is 13.8 Å². The average Bonchev–Trinajstić information content (AvgIpc) is 2.82. The molecule has 0 radical (unpaired) electrons. The lowest BCUT2D eigenvalue weighted by atomic mass is 10.1. The van der Waals surface area contributed by atoms with Crippen LogP contribution in [0.25, 0.3) is 0 Å². The summed E-state index contributed by atoms with van der Waals surface area (Å²) in [5.74, 6) is 1.73. The van der Waals surface area contributed by atoms with Crippen LogP contribution in [0.3, 0.4) is 0 Å². The maximum absolute atomic E-state index is 10.0. The van der Waals surface area contributed by atoms with Crippen molar-refractivity contribution in [2.45, 2.75) is 26.1 Å². The highest BCUT2D eigenvalue weighted by molar-refractivity contribution is 5.55. The minimum atomic E-state index is -0.712. The molecule has 0 aromatic heterocycles. The molecule has 1 atom stereocenters. The smallest absolute Gasteiger partial charge is 0.231 e. The summed E-state index contributed by atoms with van der Waals surface area (Å²) in [6, 6.07) is 3.49. The molecule has 0 aliphatic carbocycles. The maximum atomic E-state index is 10.0. The molecule has 1 aromatic carbocycles. The van der Waals surface area contributed by atoms with Crippen LogP contribution in [-0.4, -0.2) is 31.7 Å². The SMILES string of the molecule is COc1cc(C(O)COC(C)C)cc2c1OCO2. The van der Waals surface area contributed by atoms with Gasteiger partial charge in [-0.1, -0.05) is 0 Å². The highest BCUT2D eigenvalue weighted by atomic mass is 16.7. The van der Waals surface area contributed by atoms with Crippen LogP contribution in [0.2, 0.25) is 0 Å². The second-order valence-corrected chi connectivity index (χ2v) is 4.35. The highest BCUT2D eigenvalue weighted by Crippen LogP contribution is 2.42. The Morgan fingerprint density at radius 1 is 1.33 bits per heavy atom. The van der Waals surface area contributed by atoms with E-state index in [9.17, 15) is 5.11 Å². The Morgan fingerprint density at radius 3 is 2.78 bits per heavy atom.